The van der Waals surface area contributed by atoms with Gasteiger partial charge in [-0.25, -0.2) is 0 Å². The maximum Gasteiger partial charge on any atom is 0.0998 e. The van der Waals surface area contributed by atoms with E-state index in [-0.39, 0.29) is 5.92 Å². The van der Waals surface area contributed by atoms with E-state index in [1.165, 1.54) is 16.7 Å². The third-order valence-corrected chi connectivity index (χ3v) is 5.85. The first-order valence-corrected chi connectivity index (χ1v) is 10.3. The van der Waals surface area contributed by atoms with Gasteiger partial charge in [0.15, 0.2) is 0 Å². The molecule has 0 aliphatic rings. The van der Waals surface area contributed by atoms with E-state index in [9.17, 15) is 10.4 Å². The fourth-order valence-corrected chi connectivity index (χ4v) is 4.11. The molecule has 0 bridgehead atoms. The highest BCUT2D eigenvalue weighted by Crippen LogP contribution is 2.38. The van der Waals surface area contributed by atoms with Crippen molar-refractivity contribution in [2.45, 2.75) is 32.3 Å². The van der Waals surface area contributed by atoms with Crippen LogP contribution in [-0.2, 0) is 0 Å². The van der Waals surface area contributed by atoms with E-state index >= 15 is 0 Å². The van der Waals surface area contributed by atoms with Crippen molar-refractivity contribution >= 4 is 10.8 Å². The van der Waals surface area contributed by atoms with Crippen molar-refractivity contribution < 1.29 is 5.11 Å². The highest BCUT2D eigenvalue weighted by molar-refractivity contribution is 5.91. The van der Waals surface area contributed by atoms with E-state index in [2.05, 4.69) is 43.3 Å². The summed E-state index contributed by atoms with van der Waals surface area (Å²) in [5.74, 6) is 0.0135. The third-order valence-electron chi connectivity index (χ3n) is 5.85. The molecule has 0 saturated carbocycles. The Morgan fingerprint density at radius 3 is 1.90 bits per heavy atom. The van der Waals surface area contributed by atoms with Crippen LogP contribution in [-0.4, -0.2) is 5.11 Å². The maximum absolute atomic E-state index is 11.1. The molecule has 30 heavy (non-hydrogen) atoms. The first kappa shape index (κ1) is 19.9. The molecule has 0 saturated heterocycles. The van der Waals surface area contributed by atoms with Crippen LogP contribution in [0.5, 0.6) is 0 Å². The second-order valence-corrected chi connectivity index (χ2v) is 7.99. The number of aliphatic hydroxyl groups excluding tert-OH is 1. The predicted octanol–water partition coefficient (Wildman–Crippen LogP) is 6.58. The summed E-state index contributed by atoms with van der Waals surface area (Å²) in [5.41, 5.74) is 6.30. The summed E-state index contributed by atoms with van der Waals surface area (Å²) in [6.07, 6.45) is -0.00605. The molecular formula is C28H25NO. The van der Waals surface area contributed by atoms with Gasteiger partial charge in [-0.1, -0.05) is 90.0 Å². The SMILES string of the molecule is Cc1ccc(C(O)CC(c2ccc(C)cc2)c2ccc(C#N)c3ccccc23)cc1. The van der Waals surface area contributed by atoms with E-state index in [4.69, 9.17) is 0 Å². The molecular weight excluding hydrogens is 366 g/mol. The summed E-state index contributed by atoms with van der Waals surface area (Å²) in [6.45, 7) is 4.13. The maximum atomic E-state index is 11.1. The predicted molar refractivity (Wildman–Crippen MR) is 122 cm³/mol. The van der Waals surface area contributed by atoms with Gasteiger partial charge in [0.25, 0.3) is 0 Å². The zero-order valence-electron chi connectivity index (χ0n) is 17.3. The van der Waals surface area contributed by atoms with Gasteiger partial charge in [-0.05, 0) is 53.8 Å². The molecule has 0 fully saturated rings. The van der Waals surface area contributed by atoms with Gasteiger partial charge in [-0.3, -0.25) is 0 Å². The Bertz CT molecular complexity index is 1200. The van der Waals surface area contributed by atoms with Crippen LogP contribution in [0.3, 0.4) is 0 Å². The number of nitrogens with zero attached hydrogens (tertiary/aromatic N) is 1. The number of rotatable bonds is 5. The molecule has 0 aliphatic heterocycles. The lowest BCUT2D eigenvalue weighted by atomic mass is 9.82. The highest BCUT2D eigenvalue weighted by atomic mass is 16.3. The van der Waals surface area contributed by atoms with Gasteiger partial charge in [-0.15, -0.1) is 0 Å². The molecule has 4 rings (SSSR count). The van der Waals surface area contributed by atoms with Crippen molar-refractivity contribution in [3.8, 4) is 6.07 Å². The normalized spacial score (nSPS) is 13.0. The Kier molecular flexibility index (Phi) is 5.65. The smallest absolute Gasteiger partial charge is 0.0998 e. The molecule has 1 N–H and O–H groups in total. The van der Waals surface area contributed by atoms with Crippen LogP contribution in [0.2, 0.25) is 0 Å². The van der Waals surface area contributed by atoms with E-state index in [1.54, 1.807) is 0 Å². The summed E-state index contributed by atoms with van der Waals surface area (Å²) in [5, 5.41) is 22.6. The molecule has 0 radical (unpaired) electrons. The second kappa shape index (κ2) is 8.53. The summed E-state index contributed by atoms with van der Waals surface area (Å²) >= 11 is 0. The molecule has 2 atom stereocenters. The van der Waals surface area contributed by atoms with Gasteiger partial charge in [0.1, 0.15) is 0 Å². The average molecular weight is 392 g/mol. The van der Waals surface area contributed by atoms with Crippen molar-refractivity contribution in [1.82, 2.24) is 0 Å². The molecule has 0 amide bonds. The minimum absolute atomic E-state index is 0.0135. The Morgan fingerprint density at radius 1 is 0.733 bits per heavy atom. The van der Waals surface area contributed by atoms with Gasteiger partial charge in [0.2, 0.25) is 0 Å². The Balaban J connectivity index is 1.82. The number of nitriles is 1. The van der Waals surface area contributed by atoms with Gasteiger partial charge < -0.3 is 5.11 Å². The second-order valence-electron chi connectivity index (χ2n) is 7.99. The first-order valence-electron chi connectivity index (χ1n) is 10.3. The summed E-state index contributed by atoms with van der Waals surface area (Å²) < 4.78 is 0. The zero-order valence-corrected chi connectivity index (χ0v) is 17.3. The Hall–Kier alpha value is -3.41. The van der Waals surface area contributed by atoms with Crippen LogP contribution in [0.15, 0.2) is 84.9 Å². The quantitative estimate of drug-likeness (QED) is 0.417. The monoisotopic (exact) mass is 391 g/mol. The number of aryl methyl sites for hydroxylation is 2. The summed E-state index contributed by atoms with van der Waals surface area (Å²) in [4.78, 5) is 0. The van der Waals surface area contributed by atoms with Crippen LogP contribution in [0.25, 0.3) is 10.8 Å². The number of fused-ring (bicyclic) bond motifs is 1. The molecule has 4 aromatic carbocycles. The molecule has 2 heteroatoms. The molecule has 2 nitrogen and oxygen atoms in total. The van der Waals surface area contributed by atoms with Crippen molar-refractivity contribution in [3.05, 3.63) is 118 Å². The Labute approximate surface area is 178 Å². The highest BCUT2D eigenvalue weighted by Gasteiger charge is 2.22. The zero-order chi connectivity index (χ0) is 21.1. The van der Waals surface area contributed by atoms with E-state index in [0.717, 1.165) is 21.9 Å². The lowest BCUT2D eigenvalue weighted by Crippen LogP contribution is -2.09. The summed E-state index contributed by atoms with van der Waals surface area (Å²) in [7, 11) is 0. The lowest BCUT2D eigenvalue weighted by molar-refractivity contribution is 0.162. The minimum Gasteiger partial charge on any atom is -0.388 e. The van der Waals surface area contributed by atoms with Crippen LogP contribution in [0.1, 0.15) is 51.8 Å². The molecule has 4 aromatic rings. The molecule has 0 heterocycles. The molecule has 0 aromatic heterocycles. The van der Waals surface area contributed by atoms with E-state index < -0.39 is 6.10 Å². The largest absolute Gasteiger partial charge is 0.388 e. The molecule has 2 unspecified atom stereocenters. The average Bonchev–Trinajstić information content (AvgIpc) is 2.78. The summed E-state index contributed by atoms with van der Waals surface area (Å²) in [6, 6.07) is 30.9. The molecule has 0 aliphatic carbocycles. The fourth-order valence-electron chi connectivity index (χ4n) is 4.11. The fraction of sp³-hybridized carbons (Fsp3) is 0.179. The van der Waals surface area contributed by atoms with Gasteiger partial charge in [0, 0.05) is 5.92 Å². The minimum atomic E-state index is -0.577. The Morgan fingerprint density at radius 2 is 1.30 bits per heavy atom. The molecule has 148 valence electrons. The van der Waals surface area contributed by atoms with Crippen LogP contribution < -0.4 is 0 Å². The topological polar surface area (TPSA) is 44.0 Å². The van der Waals surface area contributed by atoms with Gasteiger partial charge >= 0.3 is 0 Å². The van der Waals surface area contributed by atoms with Crippen molar-refractivity contribution in [2.75, 3.05) is 0 Å². The number of aliphatic hydroxyl groups is 1. The standard InChI is InChI=1S/C28H25NO/c1-19-7-11-21(12-8-19)27(17-28(30)22-13-9-20(2)10-14-22)26-16-15-23(18-29)24-5-3-4-6-25(24)26/h3-16,27-28,30H,17H2,1-2H3. The van der Waals surface area contributed by atoms with Gasteiger partial charge in [0.05, 0.1) is 17.7 Å². The lowest BCUT2D eigenvalue weighted by Gasteiger charge is -2.24. The van der Waals surface area contributed by atoms with Crippen molar-refractivity contribution in [1.29, 1.82) is 5.26 Å². The number of hydrogen-bond acceptors (Lipinski definition) is 2. The number of benzene rings is 4. The first-order chi connectivity index (χ1) is 14.6. The van der Waals surface area contributed by atoms with E-state index in [0.29, 0.717) is 12.0 Å². The van der Waals surface area contributed by atoms with Crippen LogP contribution >= 0.6 is 0 Å². The van der Waals surface area contributed by atoms with Crippen molar-refractivity contribution in [3.63, 3.8) is 0 Å². The number of hydrogen-bond donors (Lipinski definition) is 1. The van der Waals surface area contributed by atoms with Crippen LogP contribution in [0, 0.1) is 25.2 Å². The van der Waals surface area contributed by atoms with Crippen LogP contribution in [0.4, 0.5) is 0 Å². The third kappa shape index (κ3) is 3.99. The molecule has 0 spiro atoms. The van der Waals surface area contributed by atoms with Crippen molar-refractivity contribution in [2.24, 2.45) is 0 Å². The van der Waals surface area contributed by atoms with Gasteiger partial charge in [-0.2, -0.15) is 5.26 Å². The van der Waals surface area contributed by atoms with E-state index in [1.807, 2.05) is 61.5 Å².